The second-order valence-electron chi connectivity index (χ2n) is 5.48. The standard InChI is InChI=1S/C19H14N2O2/c22-18-12-21(17-11-4-3-10-16(17)20-18)19(23)15-9-5-7-13-6-1-2-8-14(13)15/h1-11H,12H2,(H,20,22). The third kappa shape index (κ3) is 2.25. The minimum atomic E-state index is -0.183. The Hall–Kier alpha value is -3.14. The van der Waals surface area contributed by atoms with E-state index >= 15 is 0 Å². The average Bonchev–Trinajstić information content (AvgIpc) is 2.60. The highest BCUT2D eigenvalue weighted by atomic mass is 16.2. The molecule has 4 rings (SSSR count). The average molecular weight is 302 g/mol. The number of carbonyl (C=O) groups is 2. The van der Waals surface area contributed by atoms with E-state index in [1.165, 1.54) is 4.90 Å². The van der Waals surface area contributed by atoms with Crippen molar-refractivity contribution in [2.24, 2.45) is 0 Å². The maximum Gasteiger partial charge on any atom is 0.259 e. The van der Waals surface area contributed by atoms with Crippen molar-refractivity contribution in [3.8, 4) is 0 Å². The minimum absolute atomic E-state index is 0.0269. The third-order valence-electron chi connectivity index (χ3n) is 4.04. The number of amides is 2. The van der Waals surface area contributed by atoms with E-state index in [2.05, 4.69) is 5.32 Å². The molecule has 0 spiro atoms. The SMILES string of the molecule is O=C1CN(C(=O)c2cccc3ccccc23)c2ccccc2N1. The van der Waals surface area contributed by atoms with Crippen molar-refractivity contribution < 1.29 is 9.59 Å². The number of benzene rings is 3. The van der Waals surface area contributed by atoms with Crippen molar-refractivity contribution in [3.63, 3.8) is 0 Å². The number of rotatable bonds is 1. The van der Waals surface area contributed by atoms with E-state index in [0.29, 0.717) is 11.3 Å². The van der Waals surface area contributed by atoms with E-state index in [9.17, 15) is 9.59 Å². The molecular weight excluding hydrogens is 288 g/mol. The topological polar surface area (TPSA) is 49.4 Å². The van der Waals surface area contributed by atoms with Crippen molar-refractivity contribution in [2.45, 2.75) is 0 Å². The second kappa shape index (κ2) is 5.25. The minimum Gasteiger partial charge on any atom is -0.323 e. The number of para-hydroxylation sites is 2. The molecule has 0 saturated carbocycles. The van der Waals surface area contributed by atoms with Gasteiger partial charge in [0.2, 0.25) is 5.91 Å². The van der Waals surface area contributed by atoms with Gasteiger partial charge in [0.25, 0.3) is 5.91 Å². The quantitative estimate of drug-likeness (QED) is 0.748. The Balaban J connectivity index is 1.84. The number of fused-ring (bicyclic) bond motifs is 2. The van der Waals surface area contributed by atoms with E-state index in [1.54, 1.807) is 12.1 Å². The van der Waals surface area contributed by atoms with Gasteiger partial charge in [-0.05, 0) is 29.0 Å². The zero-order valence-electron chi connectivity index (χ0n) is 12.3. The molecule has 0 bridgehead atoms. The maximum absolute atomic E-state index is 13.1. The molecule has 3 aromatic carbocycles. The number of nitrogens with one attached hydrogen (secondary N) is 1. The van der Waals surface area contributed by atoms with Gasteiger partial charge in [-0.15, -0.1) is 0 Å². The normalized spacial score (nSPS) is 13.6. The second-order valence-corrected chi connectivity index (χ2v) is 5.48. The number of nitrogens with zero attached hydrogens (tertiary/aromatic N) is 1. The lowest BCUT2D eigenvalue weighted by Crippen LogP contribution is -2.42. The highest BCUT2D eigenvalue weighted by molar-refractivity contribution is 6.19. The Kier molecular flexibility index (Phi) is 3.08. The van der Waals surface area contributed by atoms with Crippen LogP contribution in [-0.4, -0.2) is 18.4 Å². The molecule has 2 amide bonds. The number of carbonyl (C=O) groups excluding carboxylic acids is 2. The fourth-order valence-electron chi connectivity index (χ4n) is 2.97. The molecule has 0 radical (unpaired) electrons. The van der Waals surface area contributed by atoms with Crippen LogP contribution in [0.5, 0.6) is 0 Å². The maximum atomic E-state index is 13.1. The highest BCUT2D eigenvalue weighted by Crippen LogP contribution is 2.31. The Morgan fingerprint density at radius 3 is 2.57 bits per heavy atom. The summed E-state index contributed by atoms with van der Waals surface area (Å²) in [6.45, 7) is 0.0269. The summed E-state index contributed by atoms with van der Waals surface area (Å²) in [7, 11) is 0. The van der Waals surface area contributed by atoms with E-state index in [4.69, 9.17) is 0 Å². The molecule has 0 aromatic heterocycles. The van der Waals surface area contributed by atoms with Gasteiger partial charge in [-0.25, -0.2) is 0 Å². The van der Waals surface area contributed by atoms with Gasteiger partial charge >= 0.3 is 0 Å². The van der Waals surface area contributed by atoms with Crippen LogP contribution in [0.2, 0.25) is 0 Å². The number of hydrogen-bond acceptors (Lipinski definition) is 2. The summed E-state index contributed by atoms with van der Waals surface area (Å²) in [4.78, 5) is 26.5. The molecule has 0 atom stereocenters. The predicted octanol–water partition coefficient (Wildman–Crippen LogP) is 3.44. The molecule has 3 aromatic rings. The van der Waals surface area contributed by atoms with Gasteiger partial charge in [0.1, 0.15) is 6.54 Å². The first-order valence-corrected chi connectivity index (χ1v) is 7.42. The molecule has 1 aliphatic heterocycles. The van der Waals surface area contributed by atoms with E-state index in [0.717, 1.165) is 16.5 Å². The van der Waals surface area contributed by atoms with Crippen LogP contribution in [0.4, 0.5) is 11.4 Å². The Morgan fingerprint density at radius 1 is 0.913 bits per heavy atom. The van der Waals surface area contributed by atoms with Crippen molar-refractivity contribution >= 4 is 34.0 Å². The summed E-state index contributed by atoms with van der Waals surface area (Å²) in [5.41, 5.74) is 2.00. The van der Waals surface area contributed by atoms with Gasteiger partial charge < -0.3 is 5.32 Å². The largest absolute Gasteiger partial charge is 0.323 e. The zero-order valence-corrected chi connectivity index (χ0v) is 12.3. The summed E-state index contributed by atoms with van der Waals surface area (Å²) in [6.07, 6.45) is 0. The lowest BCUT2D eigenvalue weighted by atomic mass is 10.0. The molecule has 0 aliphatic carbocycles. The number of anilines is 2. The van der Waals surface area contributed by atoms with Crippen LogP contribution in [0.1, 0.15) is 10.4 Å². The van der Waals surface area contributed by atoms with Crippen molar-refractivity contribution in [1.29, 1.82) is 0 Å². The lowest BCUT2D eigenvalue weighted by molar-refractivity contribution is -0.115. The van der Waals surface area contributed by atoms with Gasteiger partial charge in [-0.3, -0.25) is 14.5 Å². The molecule has 0 saturated heterocycles. The van der Waals surface area contributed by atoms with Crippen LogP contribution < -0.4 is 10.2 Å². The van der Waals surface area contributed by atoms with Crippen LogP contribution in [0.25, 0.3) is 10.8 Å². The first-order chi connectivity index (χ1) is 11.2. The summed E-state index contributed by atoms with van der Waals surface area (Å²) in [5.74, 6) is -0.346. The molecule has 1 N–H and O–H groups in total. The molecule has 1 aliphatic rings. The number of hydrogen-bond donors (Lipinski definition) is 1. The summed E-state index contributed by atoms with van der Waals surface area (Å²) in [5, 5.41) is 4.70. The fourth-order valence-corrected chi connectivity index (χ4v) is 2.97. The van der Waals surface area contributed by atoms with Crippen molar-refractivity contribution in [1.82, 2.24) is 0 Å². The smallest absolute Gasteiger partial charge is 0.259 e. The first-order valence-electron chi connectivity index (χ1n) is 7.42. The first kappa shape index (κ1) is 13.5. The van der Waals surface area contributed by atoms with Gasteiger partial charge in [-0.1, -0.05) is 48.5 Å². The van der Waals surface area contributed by atoms with Gasteiger partial charge in [0.05, 0.1) is 11.4 Å². The van der Waals surface area contributed by atoms with Crippen LogP contribution in [0.15, 0.2) is 66.7 Å². The summed E-state index contributed by atoms with van der Waals surface area (Å²) < 4.78 is 0. The van der Waals surface area contributed by atoms with Gasteiger partial charge in [0.15, 0.2) is 0 Å². The monoisotopic (exact) mass is 302 g/mol. The Morgan fingerprint density at radius 2 is 1.65 bits per heavy atom. The third-order valence-corrected chi connectivity index (χ3v) is 4.04. The van der Waals surface area contributed by atoms with Crippen LogP contribution in [0, 0.1) is 0 Å². The van der Waals surface area contributed by atoms with Crippen LogP contribution in [-0.2, 0) is 4.79 Å². The van der Waals surface area contributed by atoms with E-state index < -0.39 is 0 Å². The molecule has 4 heteroatoms. The molecule has 112 valence electrons. The van der Waals surface area contributed by atoms with Gasteiger partial charge in [0, 0.05) is 5.56 Å². The lowest BCUT2D eigenvalue weighted by Gasteiger charge is -2.29. The Labute approximate surface area is 133 Å². The van der Waals surface area contributed by atoms with Crippen LogP contribution >= 0.6 is 0 Å². The molecule has 0 fully saturated rings. The van der Waals surface area contributed by atoms with Gasteiger partial charge in [-0.2, -0.15) is 0 Å². The molecule has 1 heterocycles. The molecule has 4 nitrogen and oxygen atoms in total. The zero-order chi connectivity index (χ0) is 15.8. The molecule has 23 heavy (non-hydrogen) atoms. The predicted molar refractivity (Wildman–Crippen MR) is 90.7 cm³/mol. The summed E-state index contributed by atoms with van der Waals surface area (Å²) in [6, 6.07) is 20.8. The summed E-state index contributed by atoms with van der Waals surface area (Å²) >= 11 is 0. The Bertz CT molecular complexity index is 928. The van der Waals surface area contributed by atoms with Crippen molar-refractivity contribution in [3.05, 3.63) is 72.3 Å². The highest BCUT2D eigenvalue weighted by Gasteiger charge is 2.28. The van der Waals surface area contributed by atoms with Crippen LogP contribution in [0.3, 0.4) is 0 Å². The van der Waals surface area contributed by atoms with E-state index in [1.807, 2.05) is 54.6 Å². The molecule has 0 unspecified atom stereocenters. The van der Waals surface area contributed by atoms with E-state index in [-0.39, 0.29) is 18.4 Å². The fraction of sp³-hybridized carbons (Fsp3) is 0.0526. The molecular formula is C19H14N2O2. The van der Waals surface area contributed by atoms with Crippen molar-refractivity contribution in [2.75, 3.05) is 16.8 Å².